The van der Waals surface area contributed by atoms with Gasteiger partial charge in [-0.1, -0.05) is 6.92 Å². The van der Waals surface area contributed by atoms with Gasteiger partial charge in [0.2, 0.25) is 0 Å². The van der Waals surface area contributed by atoms with Crippen molar-refractivity contribution in [3.8, 4) is 0 Å². The van der Waals surface area contributed by atoms with Gasteiger partial charge >= 0.3 is 0 Å². The van der Waals surface area contributed by atoms with Crippen molar-refractivity contribution in [2.24, 2.45) is 11.7 Å². The molecule has 5 N–H and O–H groups in total. The third kappa shape index (κ3) is 2.16. The second-order valence-electron chi connectivity index (χ2n) is 5.62. The fourth-order valence-corrected chi connectivity index (χ4v) is 2.99. The van der Waals surface area contributed by atoms with Crippen LogP contribution in [0, 0.1) is 12.8 Å². The Kier molecular flexibility index (Phi) is 2.60. The van der Waals surface area contributed by atoms with Gasteiger partial charge in [-0.25, -0.2) is 9.97 Å². The van der Waals surface area contributed by atoms with E-state index in [4.69, 9.17) is 15.6 Å². The molecule has 0 aliphatic heterocycles. The number of fused-ring (bicyclic) bond motifs is 1. The van der Waals surface area contributed by atoms with Crippen molar-refractivity contribution >= 4 is 28.6 Å². The smallest absolute Gasteiger partial charge is 0.254 e. The molecule has 0 bridgehead atoms. The molecule has 0 saturated heterocycles. The number of hydrogen-bond donors (Lipinski definition) is 3. The maximum absolute atomic E-state index is 12.0. The molecule has 1 amide bonds. The lowest BCUT2D eigenvalue weighted by Crippen LogP contribution is -2.17. The second-order valence-corrected chi connectivity index (χ2v) is 5.62. The molecule has 2 aromatic heterocycles. The topological polar surface area (TPSA) is 120 Å². The van der Waals surface area contributed by atoms with Crippen LogP contribution in [-0.2, 0) is 0 Å². The molecule has 0 saturated carbocycles. The summed E-state index contributed by atoms with van der Waals surface area (Å²) < 4.78 is 24.0. The van der Waals surface area contributed by atoms with Gasteiger partial charge in [-0.3, -0.25) is 9.36 Å². The summed E-state index contributed by atoms with van der Waals surface area (Å²) in [5.74, 6) is -0.712. The number of rotatable bonds is 2. The fourth-order valence-electron chi connectivity index (χ4n) is 2.99. The van der Waals surface area contributed by atoms with Crippen LogP contribution in [0.4, 0.5) is 5.82 Å². The number of allylic oxidation sites excluding steroid dienone is 3. The Morgan fingerprint density at radius 2 is 2.30 bits per heavy atom. The SMILES string of the molecule is [2H]C([2H])([2H])c1cnc2c(n1)c(C(N)=O)c(N)n2C1=C(C)C(O)=CC[C@H]1C. The summed E-state index contributed by atoms with van der Waals surface area (Å²) in [5, 5.41) is 10.1. The Morgan fingerprint density at radius 1 is 1.57 bits per heavy atom. The van der Waals surface area contributed by atoms with Crippen molar-refractivity contribution in [1.29, 1.82) is 0 Å². The molecule has 7 heteroatoms. The molecule has 3 rings (SSSR count). The van der Waals surface area contributed by atoms with Gasteiger partial charge in [-0.2, -0.15) is 0 Å². The number of aliphatic hydroxyl groups excluding tert-OH is 1. The van der Waals surface area contributed by atoms with Crippen molar-refractivity contribution < 1.29 is 14.0 Å². The van der Waals surface area contributed by atoms with E-state index in [1.807, 2.05) is 6.92 Å². The predicted molar refractivity (Wildman–Crippen MR) is 88.6 cm³/mol. The van der Waals surface area contributed by atoms with Crippen LogP contribution in [0.1, 0.15) is 40.4 Å². The highest BCUT2D eigenvalue weighted by Crippen LogP contribution is 2.38. The van der Waals surface area contributed by atoms with Crippen molar-refractivity contribution in [1.82, 2.24) is 14.5 Å². The molecule has 0 spiro atoms. The number of carbonyl (C=O) groups is 1. The molecule has 1 aliphatic rings. The van der Waals surface area contributed by atoms with Crippen LogP contribution in [0.15, 0.2) is 23.6 Å². The number of nitrogens with two attached hydrogens (primary N) is 2. The quantitative estimate of drug-likeness (QED) is 0.784. The van der Waals surface area contributed by atoms with Crippen LogP contribution in [0.5, 0.6) is 0 Å². The van der Waals surface area contributed by atoms with Crippen LogP contribution < -0.4 is 11.5 Å². The van der Waals surface area contributed by atoms with E-state index in [9.17, 15) is 9.90 Å². The summed E-state index contributed by atoms with van der Waals surface area (Å²) in [6, 6.07) is 0. The molecule has 1 atom stereocenters. The Hall–Kier alpha value is -2.83. The van der Waals surface area contributed by atoms with Gasteiger partial charge in [0.1, 0.15) is 22.7 Å². The molecule has 2 aromatic rings. The normalized spacial score (nSPS) is 20.9. The summed E-state index contributed by atoms with van der Waals surface area (Å²) in [6.45, 7) is 1.19. The van der Waals surface area contributed by atoms with E-state index in [2.05, 4.69) is 9.97 Å². The van der Waals surface area contributed by atoms with E-state index in [1.165, 1.54) is 4.57 Å². The molecule has 0 radical (unpaired) electrons. The molecule has 120 valence electrons. The van der Waals surface area contributed by atoms with Gasteiger partial charge in [0.25, 0.3) is 5.91 Å². The number of amides is 1. The third-order valence-electron chi connectivity index (χ3n) is 4.09. The maximum Gasteiger partial charge on any atom is 0.254 e. The molecule has 0 aromatic carbocycles. The minimum Gasteiger partial charge on any atom is -0.508 e. The zero-order valence-electron chi connectivity index (χ0n) is 15.8. The number of hydrogen-bond acceptors (Lipinski definition) is 5. The fraction of sp³-hybridized carbons (Fsp3) is 0.312. The van der Waals surface area contributed by atoms with Gasteiger partial charge in [0.05, 0.1) is 11.9 Å². The van der Waals surface area contributed by atoms with E-state index < -0.39 is 12.8 Å². The van der Waals surface area contributed by atoms with Crippen LogP contribution >= 0.6 is 0 Å². The van der Waals surface area contributed by atoms with E-state index in [0.717, 1.165) is 6.20 Å². The molecule has 0 fully saturated rings. The molecular formula is C16H19N5O2. The summed E-state index contributed by atoms with van der Waals surface area (Å²) in [5.41, 5.74) is 12.8. The number of carbonyl (C=O) groups excluding carboxylic acids is 1. The zero-order valence-corrected chi connectivity index (χ0v) is 12.8. The maximum atomic E-state index is 12.0. The largest absolute Gasteiger partial charge is 0.508 e. The number of aromatic nitrogens is 3. The first-order valence-corrected chi connectivity index (χ1v) is 7.11. The number of nitrogens with zero attached hydrogens (tertiary/aromatic N) is 3. The molecule has 0 unspecified atom stereocenters. The number of nitrogen functional groups attached to an aromatic ring is 1. The standard InChI is InChI=1S/C16H19N5O2/c1-7-4-5-10(22)9(3)13(7)21-14(17)11(15(18)23)12-16(21)19-6-8(2)20-12/h5-7,22H,4,17H2,1-3H3,(H2,18,23)/t7-/m1/s1/i2D3. The molecular weight excluding hydrogens is 294 g/mol. The van der Waals surface area contributed by atoms with Crippen LogP contribution in [-0.4, -0.2) is 25.5 Å². The van der Waals surface area contributed by atoms with Crippen molar-refractivity contribution in [2.75, 3.05) is 5.73 Å². The minimum absolute atomic E-state index is 0.0195. The second kappa shape index (κ2) is 5.12. The summed E-state index contributed by atoms with van der Waals surface area (Å²) >= 11 is 0. The van der Waals surface area contributed by atoms with Crippen molar-refractivity contribution in [3.63, 3.8) is 0 Å². The predicted octanol–water partition coefficient (Wildman–Crippen LogP) is 2.13. The first kappa shape index (κ1) is 11.7. The lowest BCUT2D eigenvalue weighted by atomic mass is 9.93. The minimum atomic E-state index is -2.48. The van der Waals surface area contributed by atoms with Crippen LogP contribution in [0.2, 0.25) is 0 Å². The molecule has 7 nitrogen and oxygen atoms in total. The van der Waals surface area contributed by atoms with Crippen LogP contribution in [0.25, 0.3) is 16.9 Å². The van der Waals surface area contributed by atoms with E-state index in [1.54, 1.807) is 13.0 Å². The number of aliphatic hydroxyl groups is 1. The highest BCUT2D eigenvalue weighted by Gasteiger charge is 2.28. The average Bonchev–Trinajstić information content (AvgIpc) is 2.82. The van der Waals surface area contributed by atoms with Gasteiger partial charge in [0.15, 0.2) is 5.65 Å². The van der Waals surface area contributed by atoms with Crippen molar-refractivity contribution in [3.05, 3.63) is 34.9 Å². The van der Waals surface area contributed by atoms with Crippen LogP contribution in [0.3, 0.4) is 0 Å². The third-order valence-corrected chi connectivity index (χ3v) is 4.09. The van der Waals surface area contributed by atoms with Gasteiger partial charge in [-0.05, 0) is 26.3 Å². The summed E-state index contributed by atoms with van der Waals surface area (Å²) in [7, 11) is 0. The number of primary amides is 1. The van der Waals surface area contributed by atoms with E-state index in [0.29, 0.717) is 17.7 Å². The number of anilines is 1. The Bertz CT molecular complexity index is 988. The monoisotopic (exact) mass is 316 g/mol. The lowest BCUT2D eigenvalue weighted by Gasteiger charge is -2.24. The zero-order chi connectivity index (χ0) is 19.4. The Labute approximate surface area is 137 Å². The molecule has 23 heavy (non-hydrogen) atoms. The highest BCUT2D eigenvalue weighted by molar-refractivity contribution is 6.10. The molecule has 1 aliphatic carbocycles. The lowest BCUT2D eigenvalue weighted by molar-refractivity contribution is 0.100. The summed E-state index contributed by atoms with van der Waals surface area (Å²) in [4.78, 5) is 20.2. The number of aryl methyl sites for hydroxylation is 1. The first-order valence-electron chi connectivity index (χ1n) is 8.61. The molecule has 2 heterocycles. The average molecular weight is 316 g/mol. The van der Waals surface area contributed by atoms with E-state index >= 15 is 0 Å². The van der Waals surface area contributed by atoms with Gasteiger partial charge in [-0.15, -0.1) is 0 Å². The summed E-state index contributed by atoms with van der Waals surface area (Å²) in [6.07, 6.45) is 3.41. The van der Waals surface area contributed by atoms with Gasteiger partial charge < -0.3 is 16.6 Å². The van der Waals surface area contributed by atoms with Gasteiger partial charge in [0, 0.05) is 21.3 Å². The van der Waals surface area contributed by atoms with E-state index in [-0.39, 0.29) is 39.9 Å². The Balaban J connectivity index is 2.41. The van der Waals surface area contributed by atoms with Crippen molar-refractivity contribution in [2.45, 2.75) is 27.1 Å². The first-order chi connectivity index (χ1) is 12.0. The highest BCUT2D eigenvalue weighted by atomic mass is 16.3. The Morgan fingerprint density at radius 3 is 2.96 bits per heavy atom.